The van der Waals surface area contributed by atoms with E-state index in [2.05, 4.69) is 15.7 Å². The van der Waals surface area contributed by atoms with Gasteiger partial charge in [-0.2, -0.15) is 4.68 Å². The molecule has 0 radical (unpaired) electrons. The Morgan fingerprint density at radius 2 is 1.67 bits per heavy atom. The molecule has 1 aliphatic rings. The Balaban J connectivity index is 1.51. The SMILES string of the molecule is CC(C)Cn1nc(C(=O)[C@H](CCc2ccccc2)NC(=O)[C@@H]2CCCC[C@@H]2NC(=O)c2ccccc2)oc1=O. The van der Waals surface area contributed by atoms with Gasteiger partial charge in [-0.25, -0.2) is 4.79 Å². The Bertz CT molecular complexity index is 1320. The van der Waals surface area contributed by atoms with E-state index in [0.717, 1.165) is 23.1 Å². The highest BCUT2D eigenvalue weighted by Crippen LogP contribution is 2.26. The molecule has 9 heteroatoms. The van der Waals surface area contributed by atoms with E-state index in [0.29, 0.717) is 37.8 Å². The first-order valence-corrected chi connectivity index (χ1v) is 13.6. The van der Waals surface area contributed by atoms with Crippen molar-refractivity contribution in [2.45, 2.75) is 71.0 Å². The maximum absolute atomic E-state index is 13.6. The van der Waals surface area contributed by atoms with Crippen molar-refractivity contribution in [3.63, 3.8) is 0 Å². The summed E-state index contributed by atoms with van der Waals surface area (Å²) in [6.45, 7) is 4.19. The van der Waals surface area contributed by atoms with Crippen molar-refractivity contribution in [1.82, 2.24) is 20.4 Å². The monoisotopic (exact) mass is 532 g/mol. The lowest BCUT2D eigenvalue weighted by atomic mass is 9.83. The topological polar surface area (TPSA) is 123 Å². The summed E-state index contributed by atoms with van der Waals surface area (Å²) in [5, 5.41) is 10.1. The Morgan fingerprint density at radius 1 is 1.00 bits per heavy atom. The first kappa shape index (κ1) is 28.0. The van der Waals surface area contributed by atoms with E-state index < -0.39 is 23.5 Å². The lowest BCUT2D eigenvalue weighted by Gasteiger charge is -2.32. The molecule has 0 aliphatic heterocycles. The summed E-state index contributed by atoms with van der Waals surface area (Å²) in [5.74, 6) is -2.42. The number of aryl methyl sites for hydroxylation is 1. The fraction of sp³-hybridized carbons (Fsp3) is 0.433. The molecule has 4 rings (SSSR count). The molecule has 0 unspecified atom stereocenters. The normalized spacial score (nSPS) is 17.9. The molecule has 9 nitrogen and oxygen atoms in total. The van der Waals surface area contributed by atoms with Crippen LogP contribution in [0.25, 0.3) is 0 Å². The van der Waals surface area contributed by atoms with Gasteiger partial charge in [0.05, 0.1) is 18.5 Å². The van der Waals surface area contributed by atoms with Gasteiger partial charge in [-0.05, 0) is 49.3 Å². The van der Waals surface area contributed by atoms with Crippen molar-refractivity contribution in [3.05, 3.63) is 88.2 Å². The summed E-state index contributed by atoms with van der Waals surface area (Å²) in [5.41, 5.74) is 1.55. The van der Waals surface area contributed by atoms with E-state index >= 15 is 0 Å². The van der Waals surface area contributed by atoms with Gasteiger partial charge in [0.25, 0.3) is 11.8 Å². The number of rotatable bonds is 11. The fourth-order valence-electron chi connectivity index (χ4n) is 4.98. The molecule has 1 saturated carbocycles. The third kappa shape index (κ3) is 7.52. The number of nitrogens with one attached hydrogen (secondary N) is 2. The molecule has 206 valence electrons. The van der Waals surface area contributed by atoms with Crippen LogP contribution in [0.4, 0.5) is 0 Å². The molecule has 1 aromatic heterocycles. The number of ketones is 1. The number of Topliss-reactive ketones (excluding diaryl/α,β-unsaturated/α-hetero) is 1. The van der Waals surface area contributed by atoms with E-state index in [-0.39, 0.29) is 29.7 Å². The molecule has 2 N–H and O–H groups in total. The Kier molecular flexibility index (Phi) is 9.46. The third-order valence-corrected chi connectivity index (χ3v) is 7.01. The van der Waals surface area contributed by atoms with E-state index in [1.165, 1.54) is 0 Å². The van der Waals surface area contributed by atoms with E-state index in [1.807, 2.05) is 50.2 Å². The third-order valence-electron chi connectivity index (χ3n) is 7.01. The highest BCUT2D eigenvalue weighted by atomic mass is 16.4. The van der Waals surface area contributed by atoms with Gasteiger partial charge >= 0.3 is 5.76 Å². The van der Waals surface area contributed by atoms with Gasteiger partial charge in [-0.15, -0.1) is 5.10 Å². The molecule has 0 spiro atoms. The molecule has 3 atom stereocenters. The second-order valence-electron chi connectivity index (χ2n) is 10.5. The van der Waals surface area contributed by atoms with Crippen LogP contribution in [0.3, 0.4) is 0 Å². The minimum atomic E-state index is -0.935. The summed E-state index contributed by atoms with van der Waals surface area (Å²) in [7, 11) is 0. The van der Waals surface area contributed by atoms with Crippen molar-refractivity contribution in [2.75, 3.05) is 0 Å². The van der Waals surface area contributed by atoms with Gasteiger partial charge in [0, 0.05) is 11.6 Å². The summed E-state index contributed by atoms with van der Waals surface area (Å²) in [6, 6.07) is 17.3. The Labute approximate surface area is 228 Å². The zero-order valence-corrected chi connectivity index (χ0v) is 22.5. The second-order valence-corrected chi connectivity index (χ2v) is 10.5. The molecule has 0 bridgehead atoms. The molecule has 39 heavy (non-hydrogen) atoms. The van der Waals surface area contributed by atoms with Crippen molar-refractivity contribution in [1.29, 1.82) is 0 Å². The van der Waals surface area contributed by atoms with E-state index in [9.17, 15) is 19.2 Å². The van der Waals surface area contributed by atoms with Crippen LogP contribution in [0.5, 0.6) is 0 Å². The summed E-state index contributed by atoms with van der Waals surface area (Å²) in [4.78, 5) is 52.1. The summed E-state index contributed by atoms with van der Waals surface area (Å²) in [6.07, 6.45) is 3.87. The Morgan fingerprint density at radius 3 is 2.36 bits per heavy atom. The van der Waals surface area contributed by atoms with Gasteiger partial charge in [0.2, 0.25) is 11.7 Å². The first-order valence-electron chi connectivity index (χ1n) is 13.6. The number of carbonyl (C=O) groups excluding carboxylic acids is 3. The van der Waals surface area contributed by atoms with Crippen LogP contribution in [0, 0.1) is 11.8 Å². The molecular formula is C30H36N4O5. The molecule has 2 amide bonds. The molecule has 1 aliphatic carbocycles. The molecule has 1 fully saturated rings. The first-order chi connectivity index (χ1) is 18.8. The lowest BCUT2D eigenvalue weighted by Crippen LogP contribution is -2.51. The number of benzene rings is 2. The molecule has 3 aromatic rings. The van der Waals surface area contributed by atoms with Gasteiger partial charge in [0.1, 0.15) is 0 Å². The average Bonchev–Trinajstić information content (AvgIpc) is 3.31. The number of carbonyl (C=O) groups is 3. The number of hydrogen-bond acceptors (Lipinski definition) is 6. The average molecular weight is 533 g/mol. The van der Waals surface area contributed by atoms with Crippen LogP contribution in [0.15, 0.2) is 69.9 Å². The number of nitrogens with zero attached hydrogens (tertiary/aromatic N) is 2. The molecule has 1 heterocycles. The van der Waals surface area contributed by atoms with Crippen LogP contribution in [-0.4, -0.2) is 39.5 Å². The van der Waals surface area contributed by atoms with Crippen LogP contribution in [-0.2, 0) is 17.8 Å². The van der Waals surface area contributed by atoms with Gasteiger partial charge < -0.3 is 15.1 Å². The maximum atomic E-state index is 13.6. The van der Waals surface area contributed by atoms with Gasteiger partial charge in [0.15, 0.2) is 0 Å². The van der Waals surface area contributed by atoms with Crippen molar-refractivity contribution >= 4 is 17.6 Å². The molecular weight excluding hydrogens is 496 g/mol. The number of amides is 2. The standard InChI is InChI=1S/C30H36N4O5/c1-20(2)19-34-30(38)39-29(33-34)26(35)25(18-17-21-11-5-3-6-12-21)32-28(37)23-15-9-10-16-24(23)31-27(36)22-13-7-4-8-14-22/h3-8,11-14,20,23-25H,9-10,15-19H2,1-2H3,(H,31,36)(H,32,37)/t23-,24+,25+/m1/s1. The van der Waals surface area contributed by atoms with Crippen LogP contribution in [0.2, 0.25) is 0 Å². The van der Waals surface area contributed by atoms with E-state index in [4.69, 9.17) is 4.42 Å². The zero-order chi connectivity index (χ0) is 27.8. The van der Waals surface area contributed by atoms with Crippen LogP contribution >= 0.6 is 0 Å². The highest BCUT2D eigenvalue weighted by Gasteiger charge is 2.35. The number of hydrogen-bond donors (Lipinski definition) is 2. The zero-order valence-electron chi connectivity index (χ0n) is 22.5. The Hall–Kier alpha value is -4.01. The largest absolute Gasteiger partial charge is 0.437 e. The fourth-order valence-corrected chi connectivity index (χ4v) is 4.98. The predicted octanol–water partition coefficient (Wildman–Crippen LogP) is 3.78. The van der Waals surface area contributed by atoms with Gasteiger partial charge in [-0.1, -0.05) is 75.2 Å². The smallest absolute Gasteiger partial charge is 0.384 e. The van der Waals surface area contributed by atoms with Gasteiger partial charge in [-0.3, -0.25) is 14.4 Å². The number of aromatic nitrogens is 2. The minimum absolute atomic E-state index is 0.138. The van der Waals surface area contributed by atoms with Crippen molar-refractivity contribution in [3.8, 4) is 0 Å². The summed E-state index contributed by atoms with van der Waals surface area (Å²) >= 11 is 0. The summed E-state index contributed by atoms with van der Waals surface area (Å²) < 4.78 is 6.34. The van der Waals surface area contributed by atoms with Crippen LogP contribution < -0.4 is 16.4 Å². The maximum Gasteiger partial charge on any atom is 0.437 e. The minimum Gasteiger partial charge on any atom is -0.384 e. The van der Waals surface area contributed by atoms with Crippen LogP contribution in [0.1, 0.15) is 72.6 Å². The van der Waals surface area contributed by atoms with Crippen molar-refractivity contribution < 1.29 is 18.8 Å². The molecule has 0 saturated heterocycles. The second kappa shape index (κ2) is 13.2. The molecule has 2 aromatic carbocycles. The highest BCUT2D eigenvalue weighted by molar-refractivity contribution is 5.99. The van der Waals surface area contributed by atoms with E-state index in [1.54, 1.807) is 24.3 Å². The van der Waals surface area contributed by atoms with Crippen molar-refractivity contribution in [2.24, 2.45) is 11.8 Å². The quantitative estimate of drug-likeness (QED) is 0.362. The lowest BCUT2D eigenvalue weighted by molar-refractivity contribution is -0.127. The predicted molar refractivity (Wildman–Crippen MR) is 146 cm³/mol.